The molecule has 0 saturated heterocycles. The Hall–Kier alpha value is -4.02. The van der Waals surface area contributed by atoms with Gasteiger partial charge >= 0.3 is 0 Å². The number of nitrogens with zero attached hydrogens (tertiary/aromatic N) is 2. The minimum absolute atomic E-state index is 0.325. The number of nitriles is 2. The fourth-order valence-electron chi connectivity index (χ4n) is 4.11. The van der Waals surface area contributed by atoms with Crippen LogP contribution in [0.2, 0.25) is 0 Å². The van der Waals surface area contributed by atoms with Gasteiger partial charge in [-0.25, -0.2) is 0 Å². The zero-order valence-electron chi connectivity index (χ0n) is 16.4. The van der Waals surface area contributed by atoms with E-state index in [2.05, 4.69) is 36.4 Å². The second-order valence-corrected chi connectivity index (χ2v) is 7.36. The molecule has 0 amide bonds. The van der Waals surface area contributed by atoms with E-state index in [1.807, 2.05) is 48.5 Å². The Balaban J connectivity index is 1.59. The summed E-state index contributed by atoms with van der Waals surface area (Å²) in [4.78, 5) is 0. The van der Waals surface area contributed by atoms with Crippen molar-refractivity contribution in [1.29, 1.82) is 10.5 Å². The van der Waals surface area contributed by atoms with Gasteiger partial charge in [0.05, 0.1) is 0 Å². The molecule has 0 radical (unpaired) electrons. The van der Waals surface area contributed by atoms with Crippen LogP contribution in [0, 0.1) is 29.0 Å². The first-order valence-electron chi connectivity index (χ1n) is 9.83. The summed E-state index contributed by atoms with van der Waals surface area (Å²) in [5, 5.41) is 17.4. The maximum atomic E-state index is 8.68. The lowest BCUT2D eigenvalue weighted by Gasteiger charge is -2.24. The Morgan fingerprint density at radius 2 is 1.27 bits per heavy atom. The molecule has 0 N–H and O–H groups in total. The van der Waals surface area contributed by atoms with Crippen molar-refractivity contribution in [3.8, 4) is 24.0 Å². The van der Waals surface area contributed by atoms with Crippen LogP contribution in [0.3, 0.4) is 0 Å². The normalized spacial score (nSPS) is 14.0. The Labute approximate surface area is 176 Å². The molecule has 0 heterocycles. The standard InChI is InChI=1S/C26H20N2O2/c27-17-29-23-10-5-19(6-11-23)15-22(16-20-7-12-24(13-8-20)30-18-28)26-14-9-21-3-1-2-4-25(21)26/h1-14,22,26H,15-16H2. The van der Waals surface area contributed by atoms with Gasteiger partial charge in [-0.05, 0) is 65.3 Å². The molecule has 1 aliphatic rings. The number of benzene rings is 3. The quantitative estimate of drug-likeness (QED) is 0.490. The Morgan fingerprint density at radius 1 is 0.733 bits per heavy atom. The molecule has 1 unspecified atom stereocenters. The van der Waals surface area contributed by atoms with Crippen molar-refractivity contribution in [2.24, 2.45) is 5.92 Å². The smallest absolute Gasteiger partial charge is 0.292 e. The first kappa shape index (κ1) is 19.3. The molecule has 4 heteroatoms. The molecule has 0 aromatic heterocycles. The molecular formula is C26H20N2O2. The predicted octanol–water partition coefficient (Wildman–Crippen LogP) is 5.62. The molecule has 3 aromatic carbocycles. The highest BCUT2D eigenvalue weighted by molar-refractivity contribution is 5.62. The SMILES string of the molecule is N#COc1ccc(CC(Cc2ccc(OC#N)cc2)C2C=Cc3ccccc32)cc1. The van der Waals surface area contributed by atoms with Crippen LogP contribution < -0.4 is 9.47 Å². The van der Waals surface area contributed by atoms with Crippen molar-refractivity contribution in [2.75, 3.05) is 0 Å². The van der Waals surface area contributed by atoms with Crippen LogP contribution >= 0.6 is 0 Å². The van der Waals surface area contributed by atoms with Gasteiger partial charge in [0.25, 0.3) is 12.5 Å². The fraction of sp³-hybridized carbons (Fsp3) is 0.154. The van der Waals surface area contributed by atoms with Crippen LogP contribution in [-0.2, 0) is 12.8 Å². The fourth-order valence-corrected chi connectivity index (χ4v) is 4.11. The topological polar surface area (TPSA) is 66.0 Å². The van der Waals surface area contributed by atoms with Crippen molar-refractivity contribution < 1.29 is 9.47 Å². The highest BCUT2D eigenvalue weighted by Crippen LogP contribution is 2.39. The average molecular weight is 392 g/mol. The van der Waals surface area contributed by atoms with Gasteiger partial charge in [-0.2, -0.15) is 0 Å². The molecule has 0 saturated carbocycles. The molecule has 146 valence electrons. The molecule has 4 rings (SSSR count). The maximum absolute atomic E-state index is 8.68. The maximum Gasteiger partial charge on any atom is 0.292 e. The van der Waals surface area contributed by atoms with E-state index in [0.717, 1.165) is 12.8 Å². The van der Waals surface area contributed by atoms with E-state index >= 15 is 0 Å². The largest absolute Gasteiger partial charge is 0.388 e. The van der Waals surface area contributed by atoms with Gasteiger partial charge in [0.2, 0.25) is 0 Å². The highest BCUT2D eigenvalue weighted by Gasteiger charge is 2.26. The van der Waals surface area contributed by atoms with E-state index < -0.39 is 0 Å². The van der Waals surface area contributed by atoms with Gasteiger partial charge in [0.1, 0.15) is 11.5 Å². The minimum atomic E-state index is 0.325. The van der Waals surface area contributed by atoms with Gasteiger partial charge in [0.15, 0.2) is 0 Å². The van der Waals surface area contributed by atoms with E-state index in [4.69, 9.17) is 20.0 Å². The molecule has 0 fully saturated rings. The summed E-state index contributed by atoms with van der Waals surface area (Å²) in [5.74, 6) is 1.79. The second kappa shape index (κ2) is 8.99. The van der Waals surface area contributed by atoms with Crippen molar-refractivity contribution in [1.82, 2.24) is 0 Å². The molecule has 3 aromatic rings. The van der Waals surface area contributed by atoms with Crippen molar-refractivity contribution in [3.05, 3.63) is 101 Å². The van der Waals surface area contributed by atoms with Gasteiger partial charge in [-0.1, -0.05) is 60.7 Å². The van der Waals surface area contributed by atoms with E-state index in [1.54, 1.807) is 12.5 Å². The Bertz CT molecular complexity index is 1060. The summed E-state index contributed by atoms with van der Waals surface area (Å²) in [6.07, 6.45) is 9.71. The van der Waals surface area contributed by atoms with Gasteiger partial charge < -0.3 is 9.47 Å². The third-order valence-corrected chi connectivity index (χ3v) is 5.52. The van der Waals surface area contributed by atoms with Crippen LogP contribution in [0.5, 0.6) is 11.5 Å². The summed E-state index contributed by atoms with van der Waals surface area (Å²) in [7, 11) is 0. The van der Waals surface area contributed by atoms with Crippen molar-refractivity contribution >= 4 is 6.08 Å². The van der Waals surface area contributed by atoms with E-state index in [0.29, 0.717) is 23.3 Å². The van der Waals surface area contributed by atoms with Crippen molar-refractivity contribution in [2.45, 2.75) is 18.8 Å². The molecule has 30 heavy (non-hydrogen) atoms. The average Bonchev–Trinajstić information content (AvgIpc) is 3.20. The zero-order chi connectivity index (χ0) is 20.8. The molecule has 1 aliphatic carbocycles. The number of hydrogen-bond donors (Lipinski definition) is 0. The van der Waals surface area contributed by atoms with E-state index in [9.17, 15) is 0 Å². The molecule has 1 atom stereocenters. The number of ether oxygens (including phenoxy) is 2. The number of hydrogen-bond acceptors (Lipinski definition) is 4. The number of fused-ring (bicyclic) bond motifs is 1. The van der Waals surface area contributed by atoms with Gasteiger partial charge in [-0.15, -0.1) is 10.5 Å². The summed E-state index contributed by atoms with van der Waals surface area (Å²) in [6, 6.07) is 24.0. The lowest BCUT2D eigenvalue weighted by Crippen LogP contribution is -2.16. The van der Waals surface area contributed by atoms with Crippen LogP contribution in [0.4, 0.5) is 0 Å². The zero-order valence-corrected chi connectivity index (χ0v) is 16.4. The van der Waals surface area contributed by atoms with E-state index in [-0.39, 0.29) is 0 Å². The molecule has 0 spiro atoms. The summed E-state index contributed by atoms with van der Waals surface area (Å²) >= 11 is 0. The number of allylic oxidation sites excluding steroid dienone is 1. The van der Waals surface area contributed by atoms with Gasteiger partial charge in [-0.3, -0.25) is 0 Å². The summed E-state index contributed by atoms with van der Waals surface area (Å²) < 4.78 is 9.80. The first-order valence-corrected chi connectivity index (χ1v) is 9.83. The van der Waals surface area contributed by atoms with Crippen LogP contribution in [0.1, 0.15) is 28.2 Å². The first-order chi connectivity index (χ1) is 14.8. The summed E-state index contributed by atoms with van der Waals surface area (Å²) in [6.45, 7) is 0. The van der Waals surface area contributed by atoms with E-state index in [1.165, 1.54) is 22.3 Å². The van der Waals surface area contributed by atoms with Gasteiger partial charge in [0, 0.05) is 5.92 Å². The molecule has 0 bridgehead atoms. The Morgan fingerprint density at radius 3 is 1.80 bits per heavy atom. The molecular weight excluding hydrogens is 372 g/mol. The highest BCUT2D eigenvalue weighted by atomic mass is 16.5. The second-order valence-electron chi connectivity index (χ2n) is 7.36. The van der Waals surface area contributed by atoms with Crippen LogP contribution in [0.15, 0.2) is 78.9 Å². The molecule has 0 aliphatic heterocycles. The third kappa shape index (κ3) is 4.35. The van der Waals surface area contributed by atoms with Crippen LogP contribution in [-0.4, -0.2) is 0 Å². The minimum Gasteiger partial charge on any atom is -0.388 e. The van der Waals surface area contributed by atoms with Crippen molar-refractivity contribution in [3.63, 3.8) is 0 Å². The summed E-state index contributed by atoms with van der Waals surface area (Å²) in [5.41, 5.74) is 5.04. The monoisotopic (exact) mass is 392 g/mol. The number of rotatable bonds is 7. The lowest BCUT2D eigenvalue weighted by atomic mass is 9.79. The Kier molecular flexibility index (Phi) is 5.78. The third-order valence-electron chi connectivity index (χ3n) is 5.52. The predicted molar refractivity (Wildman–Crippen MR) is 114 cm³/mol. The molecule has 4 nitrogen and oxygen atoms in total. The lowest BCUT2D eigenvalue weighted by molar-refractivity contribution is 0.472. The van der Waals surface area contributed by atoms with Crippen LogP contribution in [0.25, 0.3) is 6.08 Å².